The summed E-state index contributed by atoms with van der Waals surface area (Å²) in [6, 6.07) is 17.6. The molecule has 1 aromatic carbocycles. The highest BCUT2D eigenvalue weighted by Gasteiger charge is 2.30. The van der Waals surface area contributed by atoms with Crippen molar-refractivity contribution in [3.63, 3.8) is 0 Å². The molecule has 11 heteroatoms. The van der Waals surface area contributed by atoms with Crippen LogP contribution in [0.25, 0.3) is 0 Å². The van der Waals surface area contributed by atoms with Gasteiger partial charge in [0.15, 0.2) is 5.03 Å². The van der Waals surface area contributed by atoms with E-state index in [1.165, 1.54) is 22.1 Å². The van der Waals surface area contributed by atoms with E-state index in [-0.39, 0.29) is 29.3 Å². The van der Waals surface area contributed by atoms with E-state index in [2.05, 4.69) is 30.7 Å². The summed E-state index contributed by atoms with van der Waals surface area (Å²) in [7, 11) is -4.05. The van der Waals surface area contributed by atoms with Crippen molar-refractivity contribution in [3.05, 3.63) is 83.7 Å². The molecule has 1 amide bonds. The van der Waals surface area contributed by atoms with E-state index in [1.54, 1.807) is 71.9 Å². The zero-order valence-electron chi connectivity index (χ0n) is 29.2. The Morgan fingerprint density at radius 1 is 0.787 bits per heavy atom. The lowest BCUT2D eigenvalue weighted by Crippen LogP contribution is -2.42. The van der Waals surface area contributed by atoms with Crippen molar-refractivity contribution in [3.8, 4) is 0 Å². The van der Waals surface area contributed by atoms with Crippen LogP contribution in [0.1, 0.15) is 92.0 Å². The average Bonchev–Trinajstić information content (AvgIpc) is 2.95. The number of amides is 1. The highest BCUT2D eigenvalue weighted by molar-refractivity contribution is 7.89. The van der Waals surface area contributed by atoms with Crippen LogP contribution in [0.5, 0.6) is 0 Å². The lowest BCUT2D eigenvalue weighted by Gasteiger charge is -2.28. The zero-order valence-corrected chi connectivity index (χ0v) is 30.1. The molecule has 2 heterocycles. The highest BCUT2D eigenvalue weighted by atomic mass is 32.2. The van der Waals surface area contributed by atoms with Crippen molar-refractivity contribution in [2.24, 2.45) is 5.41 Å². The summed E-state index contributed by atoms with van der Waals surface area (Å²) in [5, 5.41) is -0.0885. The molecule has 0 aliphatic carbocycles. The Morgan fingerprint density at radius 2 is 1.43 bits per heavy atom. The van der Waals surface area contributed by atoms with E-state index in [0.29, 0.717) is 5.69 Å². The molecular formula is C36H50N4O6S. The quantitative estimate of drug-likeness (QED) is 0.174. The van der Waals surface area contributed by atoms with Gasteiger partial charge in [-0.15, -0.1) is 0 Å². The first-order valence-corrected chi connectivity index (χ1v) is 17.4. The van der Waals surface area contributed by atoms with Gasteiger partial charge in [-0.25, -0.2) is 23.2 Å². The fourth-order valence-corrected chi connectivity index (χ4v) is 6.42. The van der Waals surface area contributed by atoms with E-state index in [9.17, 15) is 18.0 Å². The molecule has 47 heavy (non-hydrogen) atoms. The Kier molecular flexibility index (Phi) is 12.3. The third-order valence-electron chi connectivity index (χ3n) is 6.96. The second kappa shape index (κ2) is 15.4. The van der Waals surface area contributed by atoms with Crippen molar-refractivity contribution in [2.75, 3.05) is 11.4 Å². The summed E-state index contributed by atoms with van der Waals surface area (Å²) < 4.78 is 40.2. The predicted octanol–water partition coefficient (Wildman–Crippen LogP) is 7.32. The minimum absolute atomic E-state index is 0.0666. The van der Waals surface area contributed by atoms with Crippen LogP contribution < -0.4 is 4.90 Å². The molecule has 0 spiro atoms. The number of anilines is 1. The summed E-state index contributed by atoms with van der Waals surface area (Å²) in [5.41, 5.74) is 0.910. The largest absolute Gasteiger partial charge is 0.459 e. The van der Waals surface area contributed by atoms with Gasteiger partial charge in [-0.1, -0.05) is 63.6 Å². The number of benzene rings is 1. The summed E-state index contributed by atoms with van der Waals surface area (Å²) in [4.78, 5) is 35.9. The lowest BCUT2D eigenvalue weighted by atomic mass is 9.82. The zero-order chi connectivity index (χ0) is 35.0. The molecule has 3 aromatic rings. The van der Waals surface area contributed by atoms with E-state index >= 15 is 0 Å². The van der Waals surface area contributed by atoms with Crippen LogP contribution >= 0.6 is 0 Å². The van der Waals surface area contributed by atoms with Crippen molar-refractivity contribution in [2.45, 2.75) is 111 Å². The number of sulfonamides is 1. The second-order valence-electron chi connectivity index (χ2n) is 14.5. The Hall–Kier alpha value is -3.83. The van der Waals surface area contributed by atoms with Gasteiger partial charge in [0.2, 0.25) is 0 Å². The molecule has 0 aliphatic heterocycles. The number of aromatic nitrogens is 2. The number of esters is 1. The Balaban J connectivity index is 1.97. The molecular weight excluding hydrogens is 616 g/mol. The summed E-state index contributed by atoms with van der Waals surface area (Å²) in [6.45, 7) is 16.6. The molecule has 0 bridgehead atoms. The minimum Gasteiger partial charge on any atom is -0.459 e. The van der Waals surface area contributed by atoms with E-state index in [1.807, 2.05) is 24.3 Å². The molecule has 0 saturated heterocycles. The maximum atomic E-state index is 13.9. The first-order valence-electron chi connectivity index (χ1n) is 16.0. The Bertz CT molecular complexity index is 1590. The van der Waals surface area contributed by atoms with Gasteiger partial charge >= 0.3 is 12.1 Å². The highest BCUT2D eigenvalue weighted by Crippen LogP contribution is 2.28. The van der Waals surface area contributed by atoms with Gasteiger partial charge in [-0.2, -0.15) is 4.31 Å². The monoisotopic (exact) mass is 666 g/mol. The molecule has 0 fully saturated rings. The molecule has 0 radical (unpaired) electrons. The van der Waals surface area contributed by atoms with Crippen molar-refractivity contribution < 1.29 is 27.5 Å². The number of ether oxygens (including phenoxy) is 2. The molecule has 0 N–H and O–H groups in total. The van der Waals surface area contributed by atoms with Gasteiger partial charge in [0.1, 0.15) is 23.6 Å². The van der Waals surface area contributed by atoms with Crippen LogP contribution in [0.4, 0.5) is 10.6 Å². The topological polar surface area (TPSA) is 119 Å². The van der Waals surface area contributed by atoms with E-state index in [0.717, 1.165) is 29.7 Å². The number of carbonyl (C=O) groups is 2. The van der Waals surface area contributed by atoms with Gasteiger partial charge in [0.25, 0.3) is 10.0 Å². The smallest absolute Gasteiger partial charge is 0.416 e. The van der Waals surface area contributed by atoms with E-state index in [4.69, 9.17) is 9.47 Å². The second-order valence-corrected chi connectivity index (χ2v) is 16.4. The number of hydrogen-bond donors (Lipinski definition) is 0. The first-order chi connectivity index (χ1) is 21.8. The lowest BCUT2D eigenvalue weighted by molar-refractivity contribution is -0.153. The van der Waals surface area contributed by atoms with Gasteiger partial charge in [0.05, 0.1) is 12.2 Å². The number of hydrogen-bond acceptors (Lipinski definition) is 8. The standard InChI is InChI=1S/C36H50N4O6S/c1-10-21-36(8,9)23-27-17-19-28(20-18-27)24-39(47(43,44)31-16-11-12-22-37-31)25-29-14-13-15-30(38-29)40(33(42)46-35(5,6)7)26-32(41)45-34(2,3)4/h11-20,22H,10,21,23-26H2,1-9H3. The van der Waals surface area contributed by atoms with Crippen molar-refractivity contribution in [1.82, 2.24) is 14.3 Å². The van der Waals surface area contributed by atoms with Crippen LogP contribution in [0.3, 0.4) is 0 Å². The van der Waals surface area contributed by atoms with E-state index < -0.39 is 39.8 Å². The Labute approximate surface area is 280 Å². The molecule has 256 valence electrons. The number of carbonyl (C=O) groups excluding carboxylic acids is 2. The third kappa shape index (κ3) is 12.0. The Morgan fingerprint density at radius 3 is 2.00 bits per heavy atom. The normalized spacial score (nSPS) is 12.6. The SMILES string of the molecule is CCCC(C)(C)Cc1ccc(CN(Cc2cccc(N(CC(=O)OC(C)(C)C)C(=O)OC(C)(C)C)n2)S(=O)(=O)c2ccccn2)cc1. The van der Waals surface area contributed by atoms with Crippen molar-refractivity contribution in [1.29, 1.82) is 0 Å². The molecule has 0 aliphatic rings. The third-order valence-corrected chi connectivity index (χ3v) is 8.67. The van der Waals surface area contributed by atoms with Crippen LogP contribution in [0.2, 0.25) is 0 Å². The van der Waals surface area contributed by atoms with Gasteiger partial charge in [-0.05, 0) is 95.2 Å². The fourth-order valence-electron chi connectivity index (χ4n) is 5.09. The van der Waals surface area contributed by atoms with Crippen LogP contribution in [-0.4, -0.2) is 52.5 Å². The van der Waals surface area contributed by atoms with Crippen molar-refractivity contribution >= 4 is 27.9 Å². The molecule has 2 aromatic heterocycles. The molecule has 10 nitrogen and oxygen atoms in total. The average molecular weight is 667 g/mol. The van der Waals surface area contributed by atoms with Crippen LogP contribution in [0.15, 0.2) is 71.9 Å². The molecule has 0 atom stereocenters. The number of pyridine rings is 2. The summed E-state index contributed by atoms with van der Waals surface area (Å²) in [5.74, 6) is -0.520. The molecule has 0 unspecified atom stereocenters. The van der Waals surface area contributed by atoms with Crippen LogP contribution in [-0.2, 0) is 43.8 Å². The number of nitrogens with zero attached hydrogens (tertiary/aromatic N) is 4. The minimum atomic E-state index is -4.05. The first kappa shape index (κ1) is 37.6. The summed E-state index contributed by atoms with van der Waals surface area (Å²) >= 11 is 0. The molecule has 3 rings (SSSR count). The maximum Gasteiger partial charge on any atom is 0.416 e. The van der Waals surface area contributed by atoms with Gasteiger partial charge in [-0.3, -0.25) is 9.69 Å². The number of rotatable bonds is 13. The van der Waals surface area contributed by atoms with Gasteiger partial charge in [0, 0.05) is 12.7 Å². The fraction of sp³-hybridized carbons (Fsp3) is 0.500. The van der Waals surface area contributed by atoms with Gasteiger partial charge < -0.3 is 9.47 Å². The summed E-state index contributed by atoms with van der Waals surface area (Å²) in [6.07, 6.45) is 3.79. The predicted molar refractivity (Wildman–Crippen MR) is 183 cm³/mol. The maximum absolute atomic E-state index is 13.9. The molecule has 0 saturated carbocycles. The van der Waals surface area contributed by atoms with Crippen LogP contribution in [0, 0.1) is 5.41 Å².